The Kier molecular flexibility index (Phi) is 7.60. The first kappa shape index (κ1) is 17.2. The van der Waals surface area contributed by atoms with Crippen molar-refractivity contribution in [2.24, 2.45) is 0 Å². The van der Waals surface area contributed by atoms with Crippen molar-refractivity contribution >= 4 is 7.60 Å². The van der Waals surface area contributed by atoms with Crippen molar-refractivity contribution in [3.8, 4) is 0 Å². The summed E-state index contributed by atoms with van der Waals surface area (Å²) in [5.74, 6) is 0. The van der Waals surface area contributed by atoms with E-state index in [4.69, 9.17) is 9.05 Å². The zero-order chi connectivity index (χ0) is 14.2. The molecular formula is C14H31NO3P+. The summed E-state index contributed by atoms with van der Waals surface area (Å²) >= 11 is 0. The second-order valence-electron chi connectivity index (χ2n) is 5.73. The van der Waals surface area contributed by atoms with E-state index in [-0.39, 0.29) is 0 Å². The summed E-state index contributed by atoms with van der Waals surface area (Å²) < 4.78 is 24.2. The Morgan fingerprint density at radius 1 is 1.00 bits per heavy atom. The maximum atomic E-state index is 12.4. The first-order valence-corrected chi connectivity index (χ1v) is 9.48. The summed E-state index contributed by atoms with van der Waals surface area (Å²) in [6.45, 7) is 8.26. The third kappa shape index (κ3) is 6.40. The molecule has 0 unspecified atom stereocenters. The van der Waals surface area contributed by atoms with Gasteiger partial charge in [0.25, 0.3) is 0 Å². The monoisotopic (exact) mass is 292 g/mol. The van der Waals surface area contributed by atoms with E-state index in [1.165, 1.54) is 38.8 Å². The summed E-state index contributed by atoms with van der Waals surface area (Å²) in [4.78, 5) is 0. The van der Waals surface area contributed by atoms with Crippen LogP contribution in [0.25, 0.3) is 0 Å². The van der Waals surface area contributed by atoms with Gasteiger partial charge in [-0.05, 0) is 39.5 Å². The van der Waals surface area contributed by atoms with Crippen molar-refractivity contribution in [2.45, 2.75) is 46.0 Å². The van der Waals surface area contributed by atoms with Crippen LogP contribution in [-0.2, 0) is 13.6 Å². The normalized spacial score (nSPS) is 20.2. The molecular weight excluding hydrogens is 261 g/mol. The van der Waals surface area contributed by atoms with Gasteiger partial charge >= 0.3 is 7.60 Å². The molecule has 1 fully saturated rings. The molecule has 114 valence electrons. The highest BCUT2D eigenvalue weighted by Crippen LogP contribution is 2.48. The van der Waals surface area contributed by atoms with Gasteiger partial charge in [-0.25, -0.2) is 0 Å². The number of likely N-dealkylation sites (tertiary alicyclic amines) is 1. The molecule has 0 aromatic rings. The Balaban J connectivity index is 2.39. The van der Waals surface area contributed by atoms with Gasteiger partial charge in [0.05, 0.1) is 46.1 Å². The fourth-order valence-electron chi connectivity index (χ4n) is 2.88. The van der Waals surface area contributed by atoms with Gasteiger partial charge in [-0.15, -0.1) is 0 Å². The molecule has 1 aliphatic heterocycles. The van der Waals surface area contributed by atoms with Gasteiger partial charge < -0.3 is 13.5 Å². The van der Waals surface area contributed by atoms with Gasteiger partial charge in [0.2, 0.25) is 0 Å². The highest BCUT2D eigenvalue weighted by molar-refractivity contribution is 7.53. The fraction of sp³-hybridized carbons (Fsp3) is 1.00. The van der Waals surface area contributed by atoms with Crippen LogP contribution in [0.2, 0.25) is 0 Å². The molecule has 1 heterocycles. The molecule has 0 aromatic carbocycles. The van der Waals surface area contributed by atoms with E-state index in [1.807, 2.05) is 13.8 Å². The van der Waals surface area contributed by atoms with Crippen LogP contribution in [0.3, 0.4) is 0 Å². The van der Waals surface area contributed by atoms with Gasteiger partial charge in [0.15, 0.2) is 0 Å². The van der Waals surface area contributed by atoms with E-state index in [9.17, 15) is 4.57 Å². The first-order valence-electron chi connectivity index (χ1n) is 7.75. The lowest BCUT2D eigenvalue weighted by Gasteiger charge is -2.33. The lowest BCUT2D eigenvalue weighted by atomic mass is 10.2. The smallest absolute Gasteiger partial charge is 0.326 e. The van der Waals surface area contributed by atoms with E-state index in [1.54, 1.807) is 0 Å². The summed E-state index contributed by atoms with van der Waals surface area (Å²) in [6.07, 6.45) is 6.86. The second-order valence-corrected chi connectivity index (χ2v) is 7.91. The topological polar surface area (TPSA) is 35.5 Å². The standard InChI is InChI=1S/C14H31NO3P/c1-4-17-19(16,18-5-2)14-10-13-15(3)11-8-6-7-9-12-15/h4-14H2,1-3H3/q+1. The highest BCUT2D eigenvalue weighted by atomic mass is 31.2. The molecule has 0 spiro atoms. The van der Waals surface area contributed by atoms with Crippen LogP contribution in [0.1, 0.15) is 46.0 Å². The van der Waals surface area contributed by atoms with Crippen molar-refractivity contribution < 1.29 is 18.1 Å². The summed E-state index contributed by atoms with van der Waals surface area (Å²) in [5, 5.41) is 0. The van der Waals surface area contributed by atoms with Crippen molar-refractivity contribution in [3.05, 3.63) is 0 Å². The van der Waals surface area contributed by atoms with Crippen molar-refractivity contribution in [2.75, 3.05) is 46.1 Å². The van der Waals surface area contributed by atoms with Gasteiger partial charge in [-0.1, -0.05) is 0 Å². The second kappa shape index (κ2) is 8.41. The molecule has 0 N–H and O–H groups in total. The molecule has 1 aliphatic rings. The molecule has 0 saturated carbocycles. The largest absolute Gasteiger partial charge is 0.330 e. The Morgan fingerprint density at radius 3 is 2.00 bits per heavy atom. The SMILES string of the molecule is CCOP(=O)(CCC[N+]1(C)CCCCCC1)OCC. The minimum Gasteiger partial charge on any atom is -0.326 e. The molecule has 0 radical (unpaired) electrons. The average molecular weight is 292 g/mol. The van der Waals surface area contributed by atoms with E-state index in [0.717, 1.165) is 17.4 Å². The number of quaternary nitrogens is 1. The van der Waals surface area contributed by atoms with Gasteiger partial charge in [0.1, 0.15) is 0 Å². The molecule has 0 atom stereocenters. The molecule has 0 bridgehead atoms. The van der Waals surface area contributed by atoms with Crippen molar-refractivity contribution in [3.63, 3.8) is 0 Å². The Morgan fingerprint density at radius 2 is 1.53 bits per heavy atom. The minimum atomic E-state index is -2.84. The minimum absolute atomic E-state index is 0.462. The Bertz CT molecular complexity index is 278. The first-order chi connectivity index (χ1) is 9.04. The van der Waals surface area contributed by atoms with Crippen LogP contribution in [0.4, 0.5) is 0 Å². The summed E-state index contributed by atoms with van der Waals surface area (Å²) in [5.41, 5.74) is 0. The predicted octanol–water partition coefficient (Wildman–Crippen LogP) is 3.66. The third-order valence-electron chi connectivity index (χ3n) is 3.93. The Labute approximate surface area is 118 Å². The van der Waals surface area contributed by atoms with Crippen molar-refractivity contribution in [1.29, 1.82) is 0 Å². The van der Waals surface area contributed by atoms with Crippen LogP contribution in [0.5, 0.6) is 0 Å². The molecule has 4 nitrogen and oxygen atoms in total. The molecule has 0 aromatic heterocycles. The van der Waals surface area contributed by atoms with E-state index in [0.29, 0.717) is 19.4 Å². The van der Waals surface area contributed by atoms with Crippen LogP contribution in [0.15, 0.2) is 0 Å². The van der Waals surface area contributed by atoms with Gasteiger partial charge in [-0.3, -0.25) is 4.57 Å². The zero-order valence-corrected chi connectivity index (χ0v) is 13.8. The van der Waals surface area contributed by atoms with Crippen LogP contribution < -0.4 is 0 Å². The lowest BCUT2D eigenvalue weighted by Crippen LogP contribution is -2.45. The number of rotatable bonds is 8. The average Bonchev–Trinajstić information content (AvgIpc) is 2.55. The number of nitrogens with zero attached hydrogens (tertiary/aromatic N) is 1. The van der Waals surface area contributed by atoms with E-state index >= 15 is 0 Å². The Hall–Kier alpha value is 0.110. The zero-order valence-electron chi connectivity index (χ0n) is 12.9. The number of hydrogen-bond donors (Lipinski definition) is 0. The van der Waals surface area contributed by atoms with Gasteiger partial charge in [-0.2, -0.15) is 0 Å². The molecule has 0 aliphatic carbocycles. The fourth-order valence-corrected chi connectivity index (χ4v) is 4.53. The molecule has 1 rings (SSSR count). The van der Waals surface area contributed by atoms with Crippen LogP contribution in [0, 0.1) is 0 Å². The predicted molar refractivity (Wildman–Crippen MR) is 79.6 cm³/mol. The maximum Gasteiger partial charge on any atom is 0.330 e. The van der Waals surface area contributed by atoms with E-state index < -0.39 is 7.60 Å². The number of hydrogen-bond acceptors (Lipinski definition) is 3. The summed E-state index contributed by atoms with van der Waals surface area (Å²) in [7, 11) is -0.507. The van der Waals surface area contributed by atoms with Crippen molar-refractivity contribution in [1.82, 2.24) is 0 Å². The van der Waals surface area contributed by atoms with E-state index in [2.05, 4.69) is 7.05 Å². The third-order valence-corrected chi connectivity index (χ3v) is 6.09. The quantitative estimate of drug-likeness (QED) is 0.506. The maximum absolute atomic E-state index is 12.4. The highest BCUT2D eigenvalue weighted by Gasteiger charge is 2.27. The molecule has 1 saturated heterocycles. The van der Waals surface area contributed by atoms with Crippen LogP contribution in [-0.4, -0.2) is 50.5 Å². The van der Waals surface area contributed by atoms with Crippen LogP contribution >= 0.6 is 7.60 Å². The molecule has 19 heavy (non-hydrogen) atoms. The molecule has 5 heteroatoms. The molecule has 0 amide bonds. The summed E-state index contributed by atoms with van der Waals surface area (Å²) in [6, 6.07) is 0. The lowest BCUT2D eigenvalue weighted by molar-refractivity contribution is -0.908. The van der Waals surface area contributed by atoms with Gasteiger partial charge in [0, 0.05) is 6.42 Å².